The van der Waals surface area contributed by atoms with Crippen LogP contribution in [0.3, 0.4) is 0 Å². The fourth-order valence-corrected chi connectivity index (χ4v) is 7.63. The van der Waals surface area contributed by atoms with Crippen molar-refractivity contribution < 1.29 is 24.5 Å². The van der Waals surface area contributed by atoms with Gasteiger partial charge in [0.15, 0.2) is 0 Å². The maximum Gasteiger partial charge on any atom is 0.316 e. The Kier molecular flexibility index (Phi) is 2.43. The molecule has 1 saturated heterocycles. The number of rotatable bonds is 1. The van der Waals surface area contributed by atoms with Crippen molar-refractivity contribution in [1.82, 2.24) is 0 Å². The van der Waals surface area contributed by atoms with Gasteiger partial charge in [0.25, 0.3) is 0 Å². The Morgan fingerprint density at radius 2 is 2.17 bits per heavy atom. The summed E-state index contributed by atoms with van der Waals surface area (Å²) in [5, 5.41) is 21.2. The molecule has 1 heterocycles. The van der Waals surface area contributed by atoms with Crippen molar-refractivity contribution in [2.75, 3.05) is 0 Å². The van der Waals surface area contributed by atoms with Gasteiger partial charge < -0.3 is 14.9 Å². The zero-order valence-electron chi connectivity index (χ0n) is 14.1. The van der Waals surface area contributed by atoms with Crippen LogP contribution in [0.25, 0.3) is 0 Å². The van der Waals surface area contributed by atoms with E-state index in [0.29, 0.717) is 19.3 Å². The maximum absolute atomic E-state index is 12.6. The van der Waals surface area contributed by atoms with Crippen LogP contribution in [0.4, 0.5) is 0 Å². The lowest BCUT2D eigenvalue weighted by Crippen LogP contribution is -2.47. The third kappa shape index (κ3) is 1.29. The van der Waals surface area contributed by atoms with E-state index >= 15 is 0 Å². The molecule has 8 atom stereocenters. The quantitative estimate of drug-likeness (QED) is 0.568. The minimum Gasteiger partial charge on any atom is -0.481 e. The van der Waals surface area contributed by atoms with Gasteiger partial charge in [0.2, 0.25) is 0 Å². The Morgan fingerprint density at radius 1 is 1.42 bits per heavy atom. The number of ether oxygens (including phenoxy) is 1. The van der Waals surface area contributed by atoms with E-state index in [4.69, 9.17) is 4.74 Å². The molecule has 5 heteroatoms. The molecule has 2 N–H and O–H groups in total. The van der Waals surface area contributed by atoms with Crippen molar-refractivity contribution in [3.05, 3.63) is 12.2 Å². The number of aliphatic carboxylic acids is 1. The van der Waals surface area contributed by atoms with Gasteiger partial charge >= 0.3 is 11.9 Å². The van der Waals surface area contributed by atoms with Gasteiger partial charge in [-0.15, -0.1) is 0 Å². The molecular formula is C19H24O5. The first-order valence-corrected chi connectivity index (χ1v) is 9.06. The van der Waals surface area contributed by atoms with Crippen LogP contribution in [0.2, 0.25) is 0 Å². The average molecular weight is 332 g/mol. The first-order chi connectivity index (χ1) is 11.2. The Balaban J connectivity index is 1.75. The van der Waals surface area contributed by atoms with E-state index in [1.807, 2.05) is 26.0 Å². The molecule has 4 fully saturated rings. The number of esters is 1. The zero-order chi connectivity index (χ0) is 17.1. The van der Waals surface area contributed by atoms with E-state index in [1.54, 1.807) is 0 Å². The van der Waals surface area contributed by atoms with Crippen molar-refractivity contribution in [1.29, 1.82) is 0 Å². The molecule has 4 bridgehead atoms. The highest BCUT2D eigenvalue weighted by Crippen LogP contribution is 2.77. The van der Waals surface area contributed by atoms with E-state index in [1.165, 1.54) is 0 Å². The van der Waals surface area contributed by atoms with E-state index < -0.39 is 33.9 Å². The molecule has 1 aliphatic heterocycles. The topological polar surface area (TPSA) is 83.8 Å². The molecular weight excluding hydrogens is 308 g/mol. The Bertz CT molecular complexity index is 700. The molecule has 0 amide bonds. The lowest BCUT2D eigenvalue weighted by molar-refractivity contribution is -0.162. The second kappa shape index (κ2) is 3.90. The van der Waals surface area contributed by atoms with E-state index in [0.717, 1.165) is 12.8 Å². The standard InChI is InChI=1S/C19H24O5/c1-10-8-17-9-18(10,23)7-4-11(17)19-6-3-5-16(2,15(22)24-19)13(19)12(17)14(20)21/h3,5,10-13,23H,4,6-9H2,1-2H3,(H,20,21)/t10-,11+,12+,13+,16?,17-,18-,19+/m0/s1. The lowest BCUT2D eigenvalue weighted by Gasteiger charge is -2.45. The van der Waals surface area contributed by atoms with Crippen LogP contribution < -0.4 is 0 Å². The summed E-state index contributed by atoms with van der Waals surface area (Å²) in [6.45, 7) is 3.88. The average Bonchev–Trinajstić information content (AvgIpc) is 2.88. The molecule has 0 aromatic heterocycles. The summed E-state index contributed by atoms with van der Waals surface area (Å²) in [5.41, 5.74) is -2.74. The van der Waals surface area contributed by atoms with Crippen molar-refractivity contribution in [2.24, 2.45) is 34.5 Å². The maximum atomic E-state index is 12.6. The molecule has 1 unspecified atom stereocenters. The predicted octanol–water partition coefficient (Wildman–Crippen LogP) is 2.14. The van der Waals surface area contributed by atoms with Gasteiger partial charge in [0.1, 0.15) is 5.60 Å². The summed E-state index contributed by atoms with van der Waals surface area (Å²) in [4.78, 5) is 25.0. The van der Waals surface area contributed by atoms with Crippen LogP contribution in [-0.4, -0.2) is 33.4 Å². The first-order valence-electron chi connectivity index (χ1n) is 9.06. The van der Waals surface area contributed by atoms with Gasteiger partial charge in [-0.3, -0.25) is 9.59 Å². The Hall–Kier alpha value is -1.36. The van der Waals surface area contributed by atoms with Crippen molar-refractivity contribution in [3.63, 3.8) is 0 Å². The zero-order valence-corrected chi connectivity index (χ0v) is 14.1. The van der Waals surface area contributed by atoms with Gasteiger partial charge in [0.05, 0.1) is 16.9 Å². The molecule has 130 valence electrons. The summed E-state index contributed by atoms with van der Waals surface area (Å²) in [6.07, 6.45) is 7.18. The molecule has 1 spiro atoms. The van der Waals surface area contributed by atoms with Crippen molar-refractivity contribution in [2.45, 2.75) is 57.2 Å². The summed E-state index contributed by atoms with van der Waals surface area (Å²) < 4.78 is 6.02. The number of carbonyl (C=O) groups excluding carboxylic acids is 1. The van der Waals surface area contributed by atoms with Gasteiger partial charge in [-0.05, 0) is 43.9 Å². The number of aliphatic hydroxyl groups is 1. The van der Waals surface area contributed by atoms with Crippen LogP contribution in [-0.2, 0) is 14.3 Å². The summed E-state index contributed by atoms with van der Waals surface area (Å²) in [7, 11) is 0. The van der Waals surface area contributed by atoms with Crippen LogP contribution >= 0.6 is 0 Å². The molecule has 4 aliphatic carbocycles. The fourth-order valence-electron chi connectivity index (χ4n) is 7.63. The number of carboxylic acid groups (broad SMARTS) is 1. The monoisotopic (exact) mass is 332 g/mol. The third-order valence-corrected chi connectivity index (χ3v) is 8.40. The van der Waals surface area contributed by atoms with Crippen LogP contribution in [0, 0.1) is 34.5 Å². The fraction of sp³-hybridized carbons (Fsp3) is 0.789. The second-order valence-electron chi connectivity index (χ2n) is 9.24. The number of carboxylic acids is 1. The molecule has 24 heavy (non-hydrogen) atoms. The minimum absolute atomic E-state index is 0.0389. The highest BCUT2D eigenvalue weighted by molar-refractivity contribution is 5.86. The largest absolute Gasteiger partial charge is 0.481 e. The van der Waals surface area contributed by atoms with E-state index in [2.05, 4.69) is 0 Å². The molecule has 5 rings (SSSR count). The summed E-state index contributed by atoms with van der Waals surface area (Å²) in [6, 6.07) is 0. The molecule has 5 nitrogen and oxygen atoms in total. The molecule has 0 aromatic rings. The third-order valence-electron chi connectivity index (χ3n) is 8.40. The Labute approximate surface area is 141 Å². The van der Waals surface area contributed by atoms with E-state index in [9.17, 15) is 19.8 Å². The SMILES string of the molecule is C[C@H]1C[C@]23C[C@@]1(O)CC[C@H]2[C@@]12CC=CC(C)(C(=O)O1)[C@H]2[C@@H]3C(=O)O. The van der Waals surface area contributed by atoms with Crippen LogP contribution in [0.5, 0.6) is 0 Å². The van der Waals surface area contributed by atoms with Gasteiger partial charge in [0, 0.05) is 18.3 Å². The Morgan fingerprint density at radius 3 is 2.88 bits per heavy atom. The van der Waals surface area contributed by atoms with Crippen molar-refractivity contribution in [3.8, 4) is 0 Å². The van der Waals surface area contributed by atoms with Crippen molar-refractivity contribution >= 4 is 11.9 Å². The smallest absolute Gasteiger partial charge is 0.316 e. The highest BCUT2D eigenvalue weighted by atomic mass is 16.6. The first kappa shape index (κ1) is 14.9. The molecule has 3 saturated carbocycles. The van der Waals surface area contributed by atoms with Gasteiger partial charge in [-0.1, -0.05) is 19.1 Å². The second-order valence-corrected chi connectivity index (χ2v) is 9.24. The molecule has 0 aromatic carbocycles. The van der Waals surface area contributed by atoms with Gasteiger partial charge in [-0.2, -0.15) is 0 Å². The van der Waals surface area contributed by atoms with Crippen LogP contribution in [0.15, 0.2) is 12.2 Å². The lowest BCUT2D eigenvalue weighted by atomic mass is 9.62. The highest BCUT2D eigenvalue weighted by Gasteiger charge is 2.82. The number of hydrogen-bond acceptors (Lipinski definition) is 4. The number of hydrogen-bond donors (Lipinski definition) is 2. The van der Waals surface area contributed by atoms with Gasteiger partial charge in [-0.25, -0.2) is 0 Å². The molecule has 5 aliphatic rings. The predicted molar refractivity (Wildman–Crippen MR) is 83.8 cm³/mol. The number of fused-ring (bicyclic) bond motifs is 1. The summed E-state index contributed by atoms with van der Waals surface area (Å²) in [5.74, 6) is -1.91. The van der Waals surface area contributed by atoms with E-state index in [-0.39, 0.29) is 23.7 Å². The normalized spacial score (nSPS) is 59.9. The number of carbonyl (C=O) groups is 2. The molecule has 0 radical (unpaired) electrons. The minimum atomic E-state index is -0.850. The summed E-state index contributed by atoms with van der Waals surface area (Å²) >= 11 is 0. The van der Waals surface area contributed by atoms with Crippen LogP contribution in [0.1, 0.15) is 46.0 Å².